The van der Waals surface area contributed by atoms with Crippen LogP contribution in [0.15, 0.2) is 53.1 Å². The molecule has 138 valence electrons. The van der Waals surface area contributed by atoms with Gasteiger partial charge in [0.15, 0.2) is 0 Å². The van der Waals surface area contributed by atoms with Gasteiger partial charge in [0.1, 0.15) is 0 Å². The van der Waals surface area contributed by atoms with Crippen LogP contribution in [0, 0.1) is 6.92 Å². The lowest BCUT2D eigenvalue weighted by Crippen LogP contribution is -2.24. The number of hydrogen-bond donors (Lipinski definition) is 0. The van der Waals surface area contributed by atoms with Crippen molar-refractivity contribution in [1.29, 1.82) is 0 Å². The third-order valence-corrected chi connectivity index (χ3v) is 4.42. The van der Waals surface area contributed by atoms with Crippen molar-refractivity contribution in [3.63, 3.8) is 0 Å². The predicted octanol–water partition coefficient (Wildman–Crippen LogP) is 5.02. The Morgan fingerprint density at radius 1 is 1.22 bits per heavy atom. The van der Waals surface area contributed by atoms with Gasteiger partial charge in [0.2, 0.25) is 17.6 Å². The summed E-state index contributed by atoms with van der Waals surface area (Å²) in [5.74, 6) is 0.648. The summed E-state index contributed by atoms with van der Waals surface area (Å²) in [5, 5.41) is 5.00. The van der Waals surface area contributed by atoms with Crippen LogP contribution in [0.5, 0.6) is 0 Å². The van der Waals surface area contributed by atoms with E-state index in [0.717, 1.165) is 11.1 Å². The maximum absolute atomic E-state index is 12.3. The number of carbonyl (C=O) groups excluding carboxylic acids is 1. The van der Waals surface area contributed by atoms with Crippen LogP contribution in [0.2, 0.25) is 10.0 Å². The Bertz CT molecular complexity index is 998. The molecule has 3 aromatic rings. The molecule has 0 aliphatic heterocycles. The first-order valence-electron chi connectivity index (χ1n) is 8.20. The first-order valence-corrected chi connectivity index (χ1v) is 8.96. The lowest BCUT2D eigenvalue weighted by atomic mass is 10.1. The largest absolute Gasteiger partial charge is 0.337 e. The lowest BCUT2D eigenvalue weighted by Gasteiger charge is -2.11. The van der Waals surface area contributed by atoms with Crippen molar-refractivity contribution < 1.29 is 9.32 Å². The van der Waals surface area contributed by atoms with Gasteiger partial charge in [-0.2, -0.15) is 4.98 Å². The third kappa shape index (κ3) is 4.96. The normalized spacial score (nSPS) is 11.1. The molecule has 5 nitrogen and oxygen atoms in total. The Morgan fingerprint density at radius 3 is 2.78 bits per heavy atom. The number of rotatable bonds is 5. The molecule has 0 aliphatic carbocycles. The van der Waals surface area contributed by atoms with Crippen LogP contribution in [0.1, 0.15) is 17.0 Å². The highest BCUT2D eigenvalue weighted by Crippen LogP contribution is 2.22. The zero-order valence-corrected chi connectivity index (χ0v) is 16.3. The maximum atomic E-state index is 12.3. The molecule has 0 radical (unpaired) electrons. The number of amides is 1. The van der Waals surface area contributed by atoms with Crippen LogP contribution in [0.3, 0.4) is 0 Å². The van der Waals surface area contributed by atoms with Crippen molar-refractivity contribution in [3.8, 4) is 11.4 Å². The molecule has 1 amide bonds. The molecule has 0 saturated heterocycles. The number of nitrogens with zero attached hydrogens (tertiary/aromatic N) is 3. The average Bonchev–Trinajstić information content (AvgIpc) is 3.09. The first-order chi connectivity index (χ1) is 12.9. The summed E-state index contributed by atoms with van der Waals surface area (Å²) >= 11 is 12.0. The van der Waals surface area contributed by atoms with Crippen molar-refractivity contribution in [2.75, 3.05) is 7.05 Å². The third-order valence-electron chi connectivity index (χ3n) is 3.86. The van der Waals surface area contributed by atoms with Crippen molar-refractivity contribution in [2.24, 2.45) is 0 Å². The molecule has 0 aliphatic rings. The molecule has 0 unspecified atom stereocenters. The van der Waals surface area contributed by atoms with E-state index in [2.05, 4.69) is 10.1 Å². The van der Waals surface area contributed by atoms with Gasteiger partial charge < -0.3 is 9.42 Å². The molecule has 0 bridgehead atoms. The van der Waals surface area contributed by atoms with E-state index in [-0.39, 0.29) is 12.5 Å². The van der Waals surface area contributed by atoms with E-state index >= 15 is 0 Å². The fourth-order valence-electron chi connectivity index (χ4n) is 2.43. The Labute approximate surface area is 167 Å². The maximum Gasteiger partial charge on any atom is 0.246 e. The number of carbonyl (C=O) groups is 1. The average molecular weight is 402 g/mol. The van der Waals surface area contributed by atoms with Gasteiger partial charge in [0, 0.05) is 28.7 Å². The Balaban J connectivity index is 1.65. The zero-order chi connectivity index (χ0) is 19.4. The fourth-order valence-corrected chi connectivity index (χ4v) is 2.90. The minimum atomic E-state index is -0.212. The van der Waals surface area contributed by atoms with Crippen molar-refractivity contribution in [2.45, 2.75) is 13.5 Å². The van der Waals surface area contributed by atoms with Crippen molar-refractivity contribution in [1.82, 2.24) is 15.0 Å². The number of hydrogen-bond acceptors (Lipinski definition) is 4. The minimum Gasteiger partial charge on any atom is -0.337 e. The molecule has 7 heteroatoms. The van der Waals surface area contributed by atoms with Crippen LogP contribution in [0.25, 0.3) is 17.5 Å². The standard InChI is InChI=1S/C20H17Cl2N3O2/c1-13-4-3-5-15(10-13)20-23-18(27-24-20)12-25(2)19(26)9-7-14-6-8-16(21)11-17(14)22/h3-11H,12H2,1-2H3/b9-7+. The van der Waals surface area contributed by atoms with Gasteiger partial charge >= 0.3 is 0 Å². The smallest absolute Gasteiger partial charge is 0.246 e. The van der Waals surface area contributed by atoms with Gasteiger partial charge in [-0.3, -0.25) is 4.79 Å². The van der Waals surface area contributed by atoms with Gasteiger partial charge in [-0.1, -0.05) is 58.2 Å². The second-order valence-electron chi connectivity index (χ2n) is 6.07. The van der Waals surface area contributed by atoms with Crippen molar-refractivity contribution in [3.05, 3.63) is 75.6 Å². The van der Waals surface area contributed by atoms with Crippen LogP contribution in [-0.2, 0) is 11.3 Å². The predicted molar refractivity (Wildman–Crippen MR) is 106 cm³/mol. The highest BCUT2D eigenvalue weighted by Gasteiger charge is 2.13. The van der Waals surface area contributed by atoms with E-state index < -0.39 is 0 Å². The van der Waals surface area contributed by atoms with Crippen LogP contribution in [0.4, 0.5) is 0 Å². The van der Waals surface area contributed by atoms with E-state index in [1.165, 1.54) is 11.0 Å². The molecular formula is C20H17Cl2N3O2. The van der Waals surface area contributed by atoms with Gasteiger partial charge in [-0.15, -0.1) is 0 Å². The Morgan fingerprint density at radius 2 is 2.04 bits per heavy atom. The second-order valence-corrected chi connectivity index (χ2v) is 6.92. The monoisotopic (exact) mass is 401 g/mol. The fraction of sp³-hybridized carbons (Fsp3) is 0.150. The van der Waals surface area contributed by atoms with Crippen LogP contribution >= 0.6 is 23.2 Å². The Kier molecular flexibility index (Phi) is 5.94. The summed E-state index contributed by atoms with van der Waals surface area (Å²) in [6.07, 6.45) is 3.08. The van der Waals surface area contributed by atoms with Crippen LogP contribution < -0.4 is 0 Å². The molecule has 3 rings (SSSR count). The van der Waals surface area contributed by atoms with Gasteiger partial charge in [-0.25, -0.2) is 0 Å². The highest BCUT2D eigenvalue weighted by molar-refractivity contribution is 6.35. The van der Waals surface area contributed by atoms with Gasteiger partial charge in [-0.05, 0) is 36.8 Å². The summed E-state index contributed by atoms with van der Waals surface area (Å²) in [7, 11) is 1.66. The molecule has 0 spiro atoms. The van der Waals surface area contributed by atoms with Crippen LogP contribution in [-0.4, -0.2) is 28.0 Å². The molecule has 2 aromatic carbocycles. The van der Waals surface area contributed by atoms with E-state index in [0.29, 0.717) is 27.3 Å². The van der Waals surface area contributed by atoms with E-state index in [9.17, 15) is 4.79 Å². The first kappa shape index (κ1) is 19.1. The number of halogens is 2. The molecule has 27 heavy (non-hydrogen) atoms. The number of likely N-dealkylation sites (N-methyl/N-ethyl adjacent to an activating group) is 1. The zero-order valence-electron chi connectivity index (χ0n) is 14.8. The summed E-state index contributed by atoms with van der Waals surface area (Å²) in [4.78, 5) is 18.1. The number of aromatic nitrogens is 2. The lowest BCUT2D eigenvalue weighted by molar-refractivity contribution is -0.125. The molecule has 0 saturated carbocycles. The summed E-state index contributed by atoms with van der Waals surface area (Å²) in [6.45, 7) is 2.20. The molecule has 1 aromatic heterocycles. The highest BCUT2D eigenvalue weighted by atomic mass is 35.5. The van der Waals surface area contributed by atoms with Gasteiger partial charge in [0.05, 0.1) is 6.54 Å². The molecular weight excluding hydrogens is 385 g/mol. The molecule has 1 heterocycles. The summed E-state index contributed by atoms with van der Waals surface area (Å²) < 4.78 is 5.26. The number of benzene rings is 2. The second kappa shape index (κ2) is 8.37. The van der Waals surface area contributed by atoms with Crippen molar-refractivity contribution >= 4 is 35.2 Å². The summed E-state index contributed by atoms with van der Waals surface area (Å²) in [5.41, 5.74) is 2.69. The Hall–Kier alpha value is -2.63. The van der Waals surface area contributed by atoms with E-state index in [4.69, 9.17) is 27.7 Å². The topological polar surface area (TPSA) is 59.2 Å². The SMILES string of the molecule is Cc1cccc(-c2noc(CN(C)C(=O)/C=C/c3ccc(Cl)cc3Cl)n2)c1. The van der Waals surface area contributed by atoms with E-state index in [1.54, 1.807) is 31.3 Å². The molecule has 0 N–H and O–H groups in total. The molecule has 0 atom stereocenters. The van der Waals surface area contributed by atoms with Gasteiger partial charge in [0.25, 0.3) is 0 Å². The minimum absolute atomic E-state index is 0.205. The molecule has 0 fully saturated rings. The number of aryl methyl sites for hydroxylation is 1. The quantitative estimate of drug-likeness (QED) is 0.562. The van der Waals surface area contributed by atoms with E-state index in [1.807, 2.05) is 31.2 Å². The summed E-state index contributed by atoms with van der Waals surface area (Å²) in [6, 6.07) is 12.9.